The lowest BCUT2D eigenvalue weighted by Gasteiger charge is -2.14. The average molecular weight is 295 g/mol. The van der Waals surface area contributed by atoms with E-state index in [0.717, 1.165) is 4.90 Å². The summed E-state index contributed by atoms with van der Waals surface area (Å²) in [5.41, 5.74) is 0.907. The number of amides is 2. The number of ether oxygens (including phenoxy) is 1. The number of benzene rings is 2. The van der Waals surface area contributed by atoms with Gasteiger partial charge in [-0.05, 0) is 29.8 Å². The van der Waals surface area contributed by atoms with Crippen LogP contribution in [0.4, 0.5) is 5.69 Å². The molecule has 0 unspecified atom stereocenters. The molecule has 1 heterocycles. The van der Waals surface area contributed by atoms with Crippen LogP contribution in [0.3, 0.4) is 0 Å². The van der Waals surface area contributed by atoms with Crippen molar-refractivity contribution in [2.75, 3.05) is 12.0 Å². The zero-order valence-electron chi connectivity index (χ0n) is 11.8. The molecular weight excluding hydrogens is 282 g/mol. The summed E-state index contributed by atoms with van der Waals surface area (Å²) in [7, 11) is 1.53. The fraction of sp³-hybridized carbons (Fsp3) is 0.0588. The molecule has 2 aromatic carbocycles. The number of carbonyl (C=O) groups excluding carboxylic acids is 2. The Hall–Kier alpha value is -3.08. The van der Waals surface area contributed by atoms with E-state index in [1.165, 1.54) is 7.11 Å². The number of methoxy groups -OCH3 is 1. The first-order valence-corrected chi connectivity index (χ1v) is 6.65. The van der Waals surface area contributed by atoms with Crippen molar-refractivity contribution in [2.45, 2.75) is 0 Å². The zero-order valence-corrected chi connectivity index (χ0v) is 11.8. The van der Waals surface area contributed by atoms with Crippen molar-refractivity contribution in [3.8, 4) is 5.75 Å². The van der Waals surface area contributed by atoms with Gasteiger partial charge in [-0.2, -0.15) is 0 Å². The second kappa shape index (κ2) is 5.37. The van der Waals surface area contributed by atoms with Crippen molar-refractivity contribution in [3.05, 3.63) is 65.9 Å². The van der Waals surface area contributed by atoms with Crippen LogP contribution in [0.15, 0.2) is 60.4 Å². The predicted octanol–water partition coefficient (Wildman–Crippen LogP) is 2.54. The van der Waals surface area contributed by atoms with Crippen LogP contribution in [0.2, 0.25) is 0 Å². The summed E-state index contributed by atoms with van der Waals surface area (Å²) in [5, 5.41) is 10.1. The van der Waals surface area contributed by atoms with Crippen LogP contribution in [0.25, 0.3) is 5.57 Å². The summed E-state index contributed by atoms with van der Waals surface area (Å²) in [6, 6.07) is 15.1. The van der Waals surface area contributed by atoms with Gasteiger partial charge >= 0.3 is 5.91 Å². The second-order valence-corrected chi connectivity index (χ2v) is 4.73. The molecule has 5 nitrogen and oxygen atoms in total. The van der Waals surface area contributed by atoms with Crippen LogP contribution in [0.5, 0.6) is 5.75 Å². The minimum atomic E-state index is -0.728. The lowest BCUT2D eigenvalue weighted by atomic mass is 10.1. The van der Waals surface area contributed by atoms with Gasteiger partial charge in [-0.3, -0.25) is 9.59 Å². The monoisotopic (exact) mass is 295 g/mol. The minimum Gasteiger partial charge on any atom is -0.502 e. The van der Waals surface area contributed by atoms with Crippen LogP contribution >= 0.6 is 0 Å². The summed E-state index contributed by atoms with van der Waals surface area (Å²) in [6.45, 7) is 0. The number of hydrogen-bond donors (Lipinski definition) is 1. The van der Waals surface area contributed by atoms with Crippen LogP contribution in [-0.4, -0.2) is 24.0 Å². The quantitative estimate of drug-likeness (QED) is 0.884. The van der Waals surface area contributed by atoms with Crippen molar-refractivity contribution < 1.29 is 19.4 Å². The summed E-state index contributed by atoms with van der Waals surface area (Å²) < 4.78 is 5.05. The van der Waals surface area contributed by atoms with Crippen molar-refractivity contribution in [2.24, 2.45) is 0 Å². The van der Waals surface area contributed by atoms with Gasteiger partial charge in [0.15, 0.2) is 5.76 Å². The maximum atomic E-state index is 12.5. The van der Waals surface area contributed by atoms with Crippen molar-refractivity contribution in [3.63, 3.8) is 0 Å². The van der Waals surface area contributed by atoms with Gasteiger partial charge in [-0.1, -0.05) is 30.3 Å². The molecule has 0 fully saturated rings. The van der Waals surface area contributed by atoms with Gasteiger partial charge < -0.3 is 9.84 Å². The fourth-order valence-electron chi connectivity index (χ4n) is 2.35. The zero-order chi connectivity index (χ0) is 15.7. The molecule has 0 radical (unpaired) electrons. The Kier molecular flexibility index (Phi) is 3.39. The van der Waals surface area contributed by atoms with Gasteiger partial charge in [0.1, 0.15) is 5.75 Å². The number of carbonyl (C=O) groups is 2. The topological polar surface area (TPSA) is 66.8 Å². The molecule has 1 aliphatic rings. The lowest BCUT2D eigenvalue weighted by molar-refractivity contribution is -0.121. The molecule has 0 spiro atoms. The summed E-state index contributed by atoms with van der Waals surface area (Å²) in [4.78, 5) is 25.7. The number of hydrogen-bond acceptors (Lipinski definition) is 4. The van der Waals surface area contributed by atoms with Crippen molar-refractivity contribution in [1.82, 2.24) is 0 Å². The number of rotatable bonds is 3. The Labute approximate surface area is 127 Å². The average Bonchev–Trinajstić information content (AvgIpc) is 2.78. The summed E-state index contributed by atoms with van der Waals surface area (Å²) in [5.74, 6) is -1.19. The van der Waals surface area contributed by atoms with Gasteiger partial charge in [0.05, 0.1) is 18.4 Å². The number of anilines is 1. The number of nitrogens with zero attached hydrogens (tertiary/aromatic N) is 1. The van der Waals surface area contributed by atoms with Crippen molar-refractivity contribution >= 4 is 23.1 Å². The molecule has 0 atom stereocenters. The third-order valence-electron chi connectivity index (χ3n) is 3.45. The highest BCUT2D eigenvalue weighted by atomic mass is 16.5. The van der Waals surface area contributed by atoms with Gasteiger partial charge in [-0.25, -0.2) is 4.90 Å². The number of aliphatic hydroxyl groups excluding tert-OH is 1. The Morgan fingerprint density at radius 1 is 0.909 bits per heavy atom. The molecule has 2 amide bonds. The number of aliphatic hydroxyl groups is 1. The summed E-state index contributed by atoms with van der Waals surface area (Å²) >= 11 is 0. The first-order valence-electron chi connectivity index (χ1n) is 6.65. The fourth-order valence-corrected chi connectivity index (χ4v) is 2.35. The SMILES string of the molecule is COc1ccc(N2C(=O)C(O)=C(c3ccccc3)C2=O)cc1. The second-order valence-electron chi connectivity index (χ2n) is 4.73. The first-order chi connectivity index (χ1) is 10.6. The normalized spacial score (nSPS) is 14.7. The molecule has 1 N–H and O–H groups in total. The highest BCUT2D eigenvalue weighted by molar-refractivity contribution is 6.44. The Morgan fingerprint density at radius 3 is 2.14 bits per heavy atom. The third kappa shape index (κ3) is 2.13. The van der Waals surface area contributed by atoms with E-state index in [9.17, 15) is 14.7 Å². The van der Waals surface area contributed by atoms with E-state index < -0.39 is 17.6 Å². The Bertz CT molecular complexity index is 763. The van der Waals surface area contributed by atoms with Gasteiger partial charge in [-0.15, -0.1) is 0 Å². The summed E-state index contributed by atoms with van der Waals surface area (Å²) in [6.07, 6.45) is 0. The highest BCUT2D eigenvalue weighted by Gasteiger charge is 2.40. The Morgan fingerprint density at radius 2 is 1.55 bits per heavy atom. The molecule has 22 heavy (non-hydrogen) atoms. The van der Waals surface area contributed by atoms with Crippen molar-refractivity contribution in [1.29, 1.82) is 0 Å². The largest absolute Gasteiger partial charge is 0.502 e. The maximum absolute atomic E-state index is 12.5. The van der Waals surface area contributed by atoms with E-state index in [0.29, 0.717) is 17.0 Å². The third-order valence-corrected chi connectivity index (χ3v) is 3.45. The van der Waals surface area contributed by atoms with E-state index in [1.54, 1.807) is 54.6 Å². The number of imide groups is 1. The van der Waals surface area contributed by atoms with Gasteiger partial charge in [0.25, 0.3) is 5.91 Å². The molecule has 110 valence electrons. The van der Waals surface area contributed by atoms with Gasteiger partial charge in [0, 0.05) is 0 Å². The predicted molar refractivity (Wildman–Crippen MR) is 81.5 cm³/mol. The highest BCUT2D eigenvalue weighted by Crippen LogP contribution is 2.32. The van der Waals surface area contributed by atoms with Crippen LogP contribution < -0.4 is 9.64 Å². The standard InChI is InChI=1S/C17H13NO4/c1-22-13-9-7-12(8-10-13)18-16(20)14(15(19)17(18)21)11-5-3-2-4-6-11/h2-10,19H,1H3. The van der Waals surface area contributed by atoms with E-state index in [1.807, 2.05) is 0 Å². The molecule has 0 saturated heterocycles. The maximum Gasteiger partial charge on any atom is 0.301 e. The van der Waals surface area contributed by atoms with Crippen LogP contribution in [0, 0.1) is 0 Å². The van der Waals surface area contributed by atoms with Gasteiger partial charge in [0.2, 0.25) is 0 Å². The molecule has 5 heteroatoms. The molecule has 0 aromatic heterocycles. The molecule has 2 aromatic rings. The molecule has 0 bridgehead atoms. The molecular formula is C17H13NO4. The minimum absolute atomic E-state index is 0.0152. The first kappa shape index (κ1) is 13.9. The molecule has 1 aliphatic heterocycles. The van der Waals surface area contributed by atoms with E-state index in [4.69, 9.17) is 4.74 Å². The Balaban J connectivity index is 2.00. The van der Waals surface area contributed by atoms with E-state index in [2.05, 4.69) is 0 Å². The molecule has 0 saturated carbocycles. The van der Waals surface area contributed by atoms with E-state index in [-0.39, 0.29) is 5.57 Å². The molecule has 3 rings (SSSR count). The lowest BCUT2D eigenvalue weighted by Crippen LogP contribution is -2.31. The smallest absolute Gasteiger partial charge is 0.301 e. The van der Waals surface area contributed by atoms with Crippen LogP contribution in [-0.2, 0) is 9.59 Å². The van der Waals surface area contributed by atoms with Crippen LogP contribution in [0.1, 0.15) is 5.56 Å². The van der Waals surface area contributed by atoms with E-state index >= 15 is 0 Å². The molecule has 0 aliphatic carbocycles.